The Bertz CT molecular complexity index is 1530. The van der Waals surface area contributed by atoms with Crippen molar-refractivity contribution in [3.63, 3.8) is 0 Å². The lowest BCUT2D eigenvalue weighted by molar-refractivity contribution is -0.379. The molecule has 19 nitrogen and oxygen atoms in total. The van der Waals surface area contributed by atoms with Crippen molar-refractivity contribution in [1.29, 1.82) is 0 Å². The molecule has 0 spiro atoms. The Kier molecular flexibility index (Phi) is 41.7. The fraction of sp³-hybridized carbons (Fsp3) is 0.952. The molecule has 0 aliphatic carbocycles. The van der Waals surface area contributed by atoms with Gasteiger partial charge in [-0.2, -0.15) is 0 Å². The van der Waals surface area contributed by atoms with Crippen LogP contribution < -0.4 is 5.32 Å². The van der Waals surface area contributed by atoms with E-state index in [1.54, 1.807) is 6.08 Å². The van der Waals surface area contributed by atoms with E-state index in [9.17, 15) is 61.0 Å². The van der Waals surface area contributed by atoms with Gasteiger partial charge < -0.3 is 89.9 Å². The average molecular weight is 1160 g/mol. The van der Waals surface area contributed by atoms with Gasteiger partial charge in [0, 0.05) is 6.42 Å². The van der Waals surface area contributed by atoms with E-state index in [2.05, 4.69) is 19.2 Å². The van der Waals surface area contributed by atoms with Gasteiger partial charge in [-0.3, -0.25) is 4.79 Å². The quantitative estimate of drug-likeness (QED) is 0.0217. The fourth-order valence-corrected chi connectivity index (χ4v) is 11.3. The molecule has 0 aromatic carbocycles. The predicted molar refractivity (Wildman–Crippen MR) is 310 cm³/mol. The molecule has 0 aromatic rings. The number of hydrogen-bond acceptors (Lipinski definition) is 18. The maximum absolute atomic E-state index is 13.0. The highest BCUT2D eigenvalue weighted by Crippen LogP contribution is 2.33. The van der Waals surface area contributed by atoms with E-state index in [1.807, 2.05) is 6.08 Å². The number of aliphatic hydroxyl groups is 11. The van der Waals surface area contributed by atoms with Crippen LogP contribution >= 0.6 is 0 Å². The number of aliphatic hydroxyl groups excluding tert-OH is 11. The first-order valence-corrected chi connectivity index (χ1v) is 32.4. The molecule has 3 aliphatic heterocycles. The lowest BCUT2D eigenvalue weighted by Crippen LogP contribution is -2.66. The highest BCUT2D eigenvalue weighted by molar-refractivity contribution is 5.76. The third kappa shape index (κ3) is 29.2. The summed E-state index contributed by atoms with van der Waals surface area (Å²) in [6.45, 7) is 1.60. The summed E-state index contributed by atoms with van der Waals surface area (Å²) in [6.07, 6.45) is 21.8. The van der Waals surface area contributed by atoms with E-state index in [4.69, 9.17) is 28.4 Å². The molecule has 17 atom stereocenters. The standard InChI is InChI=1S/C62H117NO18/c1-3-5-7-9-10-11-12-13-14-15-16-17-18-19-20-21-22-23-24-25-26-27-28-29-30-31-32-33-34-35-36-37-39-46(67)45(63-50(68)40-38-8-6-4-2)44-76-60-56(74)53(71)58(48(42-65)78-60)81-62-57(75)54(72)59(49(43-66)79-62)80-61-55(73)52(70)51(69)47(41-64)77-61/h37,39,45-49,51-62,64-67,69-75H,3-36,38,40-44H2,1-2H3,(H,63,68)/b39-37+. The molecule has 17 unspecified atom stereocenters. The van der Waals surface area contributed by atoms with Gasteiger partial charge in [0.2, 0.25) is 5.91 Å². The predicted octanol–water partition coefficient (Wildman–Crippen LogP) is 6.94. The van der Waals surface area contributed by atoms with Crippen LogP contribution in [0.4, 0.5) is 0 Å². The molecule has 0 bridgehead atoms. The molecule has 19 heteroatoms. The van der Waals surface area contributed by atoms with E-state index >= 15 is 0 Å². The van der Waals surface area contributed by atoms with E-state index in [0.29, 0.717) is 6.42 Å². The molecule has 3 fully saturated rings. The number of carbonyl (C=O) groups excluding carboxylic acids is 1. The summed E-state index contributed by atoms with van der Waals surface area (Å²) >= 11 is 0. The highest BCUT2D eigenvalue weighted by Gasteiger charge is 2.53. The van der Waals surface area contributed by atoms with Crippen molar-refractivity contribution in [2.75, 3.05) is 26.4 Å². The second-order valence-electron chi connectivity index (χ2n) is 23.6. The molecule has 1 amide bonds. The van der Waals surface area contributed by atoms with Gasteiger partial charge in [0.15, 0.2) is 18.9 Å². The van der Waals surface area contributed by atoms with Crippen molar-refractivity contribution >= 4 is 5.91 Å². The van der Waals surface area contributed by atoms with E-state index in [1.165, 1.54) is 173 Å². The molecular weight excluding hydrogens is 1050 g/mol. The van der Waals surface area contributed by atoms with Gasteiger partial charge in [0.25, 0.3) is 0 Å². The van der Waals surface area contributed by atoms with E-state index < -0.39 is 124 Å². The zero-order valence-electron chi connectivity index (χ0n) is 50.0. The molecule has 3 rings (SSSR count). The summed E-state index contributed by atoms with van der Waals surface area (Å²) in [4.78, 5) is 13.0. The average Bonchev–Trinajstić information content (AvgIpc) is 3.46. The minimum Gasteiger partial charge on any atom is -0.394 e. The van der Waals surface area contributed by atoms with Crippen LogP contribution in [0, 0.1) is 0 Å². The lowest BCUT2D eigenvalue weighted by Gasteiger charge is -2.48. The van der Waals surface area contributed by atoms with Gasteiger partial charge in [0.05, 0.1) is 38.6 Å². The van der Waals surface area contributed by atoms with Crippen LogP contribution in [0.1, 0.15) is 245 Å². The number of ether oxygens (including phenoxy) is 6. The van der Waals surface area contributed by atoms with Crippen LogP contribution in [0.5, 0.6) is 0 Å². The van der Waals surface area contributed by atoms with Crippen molar-refractivity contribution in [2.45, 2.75) is 349 Å². The van der Waals surface area contributed by atoms with Crippen LogP contribution in [0.3, 0.4) is 0 Å². The fourth-order valence-electron chi connectivity index (χ4n) is 11.3. The summed E-state index contributed by atoms with van der Waals surface area (Å²) < 4.78 is 34.1. The summed E-state index contributed by atoms with van der Waals surface area (Å²) in [5.41, 5.74) is 0. The summed E-state index contributed by atoms with van der Waals surface area (Å²) in [7, 11) is 0. The van der Waals surface area contributed by atoms with Crippen LogP contribution in [0.2, 0.25) is 0 Å². The molecule has 3 aliphatic rings. The molecule has 478 valence electrons. The number of rotatable bonds is 49. The van der Waals surface area contributed by atoms with Gasteiger partial charge >= 0.3 is 0 Å². The van der Waals surface area contributed by atoms with E-state index in [0.717, 1.165) is 44.9 Å². The zero-order valence-corrected chi connectivity index (χ0v) is 50.0. The van der Waals surface area contributed by atoms with Crippen molar-refractivity contribution < 1.29 is 89.4 Å². The minimum atomic E-state index is -1.97. The first kappa shape index (κ1) is 73.8. The van der Waals surface area contributed by atoms with Crippen LogP contribution in [-0.2, 0) is 33.2 Å². The van der Waals surface area contributed by atoms with Crippen LogP contribution in [0.25, 0.3) is 0 Å². The summed E-state index contributed by atoms with van der Waals surface area (Å²) in [5, 5.41) is 120. The van der Waals surface area contributed by atoms with Gasteiger partial charge in [0.1, 0.15) is 73.2 Å². The molecular formula is C62H117NO18. The Morgan fingerprint density at radius 3 is 1.16 bits per heavy atom. The molecule has 81 heavy (non-hydrogen) atoms. The smallest absolute Gasteiger partial charge is 0.220 e. The summed E-state index contributed by atoms with van der Waals surface area (Å²) in [5.74, 6) is -0.291. The SMILES string of the molecule is CCCCCCCCCCCCCCCCCCCCCCCCCCCCCCCC/C=C/C(O)C(COC1OC(CO)C(OC2OC(CO)C(OC3OC(CO)C(O)C(O)C3O)C(O)C2O)C(O)C1O)NC(=O)CCCCCC. The van der Waals surface area contributed by atoms with Crippen molar-refractivity contribution in [1.82, 2.24) is 5.32 Å². The van der Waals surface area contributed by atoms with E-state index in [-0.39, 0.29) is 18.9 Å². The van der Waals surface area contributed by atoms with Crippen LogP contribution in [-0.4, -0.2) is 193 Å². The Balaban J connectivity index is 1.30. The van der Waals surface area contributed by atoms with Crippen molar-refractivity contribution in [3.05, 3.63) is 12.2 Å². The second kappa shape index (κ2) is 45.8. The van der Waals surface area contributed by atoms with Crippen molar-refractivity contribution in [3.8, 4) is 0 Å². The Hall–Kier alpha value is -1.47. The number of amides is 1. The molecule has 12 N–H and O–H groups in total. The highest BCUT2D eigenvalue weighted by atomic mass is 16.8. The Morgan fingerprint density at radius 1 is 0.432 bits per heavy atom. The van der Waals surface area contributed by atoms with Gasteiger partial charge in [-0.25, -0.2) is 0 Å². The number of unbranched alkanes of at least 4 members (excludes halogenated alkanes) is 33. The number of allylic oxidation sites excluding steroid dienone is 1. The van der Waals surface area contributed by atoms with Crippen LogP contribution in [0.15, 0.2) is 12.2 Å². The maximum Gasteiger partial charge on any atom is 0.220 e. The first-order chi connectivity index (χ1) is 39.3. The van der Waals surface area contributed by atoms with Gasteiger partial charge in [-0.05, 0) is 19.3 Å². The maximum atomic E-state index is 13.0. The Morgan fingerprint density at radius 2 is 0.765 bits per heavy atom. The molecule has 3 saturated heterocycles. The molecule has 0 radical (unpaired) electrons. The Labute approximate surface area is 486 Å². The minimum absolute atomic E-state index is 0.237. The monoisotopic (exact) mass is 1160 g/mol. The third-order valence-corrected chi connectivity index (χ3v) is 16.6. The van der Waals surface area contributed by atoms with Gasteiger partial charge in [-0.15, -0.1) is 0 Å². The molecule has 0 saturated carbocycles. The lowest BCUT2D eigenvalue weighted by atomic mass is 9.96. The second-order valence-corrected chi connectivity index (χ2v) is 23.6. The summed E-state index contributed by atoms with van der Waals surface area (Å²) in [6, 6.07) is -0.964. The number of carbonyl (C=O) groups is 1. The largest absolute Gasteiger partial charge is 0.394 e. The normalized spacial score (nSPS) is 29.8. The molecule has 0 aromatic heterocycles. The zero-order chi connectivity index (χ0) is 59.0. The third-order valence-electron chi connectivity index (χ3n) is 16.6. The van der Waals surface area contributed by atoms with Crippen molar-refractivity contribution in [2.24, 2.45) is 0 Å². The number of hydrogen-bond donors (Lipinski definition) is 12. The first-order valence-electron chi connectivity index (χ1n) is 32.4. The molecule has 3 heterocycles. The van der Waals surface area contributed by atoms with Gasteiger partial charge in [-0.1, -0.05) is 231 Å². The number of nitrogens with one attached hydrogen (secondary N) is 1. The topological polar surface area (TPSA) is 307 Å².